The molecular formula is C16H22N2O3. The lowest BCUT2D eigenvalue weighted by molar-refractivity contribution is -0.127. The van der Waals surface area contributed by atoms with E-state index in [4.69, 9.17) is 4.42 Å². The number of aryl methyl sites for hydroxylation is 1. The minimum Gasteiger partial charge on any atom is -0.456 e. The molecule has 114 valence electrons. The summed E-state index contributed by atoms with van der Waals surface area (Å²) in [5.74, 6) is 1.26. The van der Waals surface area contributed by atoms with Crippen LogP contribution in [0, 0.1) is 18.3 Å². The van der Waals surface area contributed by atoms with Crippen LogP contribution in [0.5, 0.6) is 0 Å². The number of furan rings is 1. The molecule has 0 unspecified atom stereocenters. The fourth-order valence-electron chi connectivity index (χ4n) is 3.99. The van der Waals surface area contributed by atoms with Crippen molar-refractivity contribution in [2.24, 2.45) is 11.3 Å². The predicted molar refractivity (Wildman–Crippen MR) is 77.8 cm³/mol. The van der Waals surface area contributed by atoms with Crippen LogP contribution in [0.3, 0.4) is 0 Å². The molecule has 0 aromatic carbocycles. The number of amides is 2. The Morgan fingerprint density at radius 1 is 1.38 bits per heavy atom. The van der Waals surface area contributed by atoms with E-state index in [0.29, 0.717) is 18.8 Å². The van der Waals surface area contributed by atoms with Crippen molar-refractivity contribution in [3.8, 4) is 0 Å². The van der Waals surface area contributed by atoms with Crippen LogP contribution in [0.1, 0.15) is 42.0 Å². The molecule has 1 aromatic heterocycles. The van der Waals surface area contributed by atoms with Crippen LogP contribution in [-0.4, -0.2) is 36.9 Å². The molecule has 1 aromatic rings. The van der Waals surface area contributed by atoms with Gasteiger partial charge >= 0.3 is 0 Å². The van der Waals surface area contributed by atoms with Crippen molar-refractivity contribution in [1.82, 2.24) is 10.2 Å². The molecule has 1 N–H and O–H groups in total. The first-order valence-corrected chi connectivity index (χ1v) is 7.63. The molecule has 5 nitrogen and oxygen atoms in total. The van der Waals surface area contributed by atoms with Gasteiger partial charge in [-0.1, -0.05) is 6.42 Å². The van der Waals surface area contributed by atoms with Crippen LogP contribution in [-0.2, 0) is 4.79 Å². The molecule has 2 atom stereocenters. The van der Waals surface area contributed by atoms with Crippen molar-refractivity contribution >= 4 is 11.8 Å². The first-order valence-electron chi connectivity index (χ1n) is 7.63. The van der Waals surface area contributed by atoms with Crippen molar-refractivity contribution in [3.63, 3.8) is 0 Å². The van der Waals surface area contributed by atoms with E-state index in [-0.39, 0.29) is 23.1 Å². The summed E-state index contributed by atoms with van der Waals surface area (Å²) in [5.41, 5.74) is -0.0304. The standard InChI is InChI=1S/C16H22N2O3/c1-11-5-6-13(21-11)15(20)18-9-8-16(10-18)7-3-4-12(16)14(19)17-2/h5-6,12H,3-4,7-10H2,1-2H3,(H,17,19)/t12-,16-/m0/s1. The summed E-state index contributed by atoms with van der Waals surface area (Å²) in [5, 5.41) is 2.78. The molecular weight excluding hydrogens is 268 g/mol. The maximum atomic E-state index is 12.5. The van der Waals surface area contributed by atoms with Gasteiger partial charge in [0.05, 0.1) is 0 Å². The zero-order valence-electron chi connectivity index (χ0n) is 12.6. The van der Waals surface area contributed by atoms with Crippen LogP contribution in [0.25, 0.3) is 0 Å². The predicted octanol–water partition coefficient (Wildman–Crippen LogP) is 1.97. The molecule has 0 bridgehead atoms. The van der Waals surface area contributed by atoms with Crippen molar-refractivity contribution in [1.29, 1.82) is 0 Å². The van der Waals surface area contributed by atoms with Crippen LogP contribution in [0.4, 0.5) is 0 Å². The lowest BCUT2D eigenvalue weighted by atomic mass is 9.76. The van der Waals surface area contributed by atoms with E-state index in [1.165, 1.54) is 0 Å². The van der Waals surface area contributed by atoms with Gasteiger partial charge in [-0.3, -0.25) is 9.59 Å². The van der Waals surface area contributed by atoms with E-state index in [1.54, 1.807) is 13.1 Å². The molecule has 2 heterocycles. The number of carbonyl (C=O) groups excluding carboxylic acids is 2. The van der Waals surface area contributed by atoms with Crippen LogP contribution in [0.2, 0.25) is 0 Å². The zero-order valence-corrected chi connectivity index (χ0v) is 12.6. The number of hydrogen-bond donors (Lipinski definition) is 1. The van der Waals surface area contributed by atoms with Crippen LogP contribution in [0.15, 0.2) is 16.5 Å². The monoisotopic (exact) mass is 290 g/mol. The average molecular weight is 290 g/mol. The van der Waals surface area contributed by atoms with E-state index in [2.05, 4.69) is 5.32 Å². The van der Waals surface area contributed by atoms with E-state index in [9.17, 15) is 9.59 Å². The number of nitrogens with zero attached hydrogens (tertiary/aromatic N) is 1. The van der Waals surface area contributed by atoms with Crippen molar-refractivity contribution in [2.45, 2.75) is 32.6 Å². The van der Waals surface area contributed by atoms with Gasteiger partial charge in [0.2, 0.25) is 5.91 Å². The lowest BCUT2D eigenvalue weighted by Crippen LogP contribution is -2.40. The minimum absolute atomic E-state index is 0.0304. The summed E-state index contributed by atoms with van der Waals surface area (Å²) in [6.07, 6.45) is 3.95. The molecule has 3 rings (SSSR count). The number of hydrogen-bond acceptors (Lipinski definition) is 3. The molecule has 1 spiro atoms. The molecule has 1 saturated heterocycles. The number of carbonyl (C=O) groups is 2. The summed E-state index contributed by atoms with van der Waals surface area (Å²) in [6.45, 7) is 3.22. The number of likely N-dealkylation sites (tertiary alicyclic amines) is 1. The highest BCUT2D eigenvalue weighted by atomic mass is 16.3. The molecule has 1 aliphatic carbocycles. The molecule has 21 heavy (non-hydrogen) atoms. The highest BCUT2D eigenvalue weighted by Gasteiger charge is 2.51. The fraction of sp³-hybridized carbons (Fsp3) is 0.625. The van der Waals surface area contributed by atoms with Crippen molar-refractivity contribution in [3.05, 3.63) is 23.7 Å². The van der Waals surface area contributed by atoms with Gasteiger partial charge in [0, 0.05) is 31.5 Å². The van der Waals surface area contributed by atoms with Gasteiger partial charge in [-0.2, -0.15) is 0 Å². The fourth-order valence-corrected chi connectivity index (χ4v) is 3.99. The van der Waals surface area contributed by atoms with E-state index in [0.717, 1.165) is 31.4 Å². The molecule has 0 radical (unpaired) electrons. The first kappa shape index (κ1) is 14.2. The zero-order chi connectivity index (χ0) is 15.0. The largest absolute Gasteiger partial charge is 0.456 e. The van der Waals surface area contributed by atoms with Gasteiger partial charge in [-0.15, -0.1) is 0 Å². The van der Waals surface area contributed by atoms with Crippen molar-refractivity contribution in [2.75, 3.05) is 20.1 Å². The Morgan fingerprint density at radius 2 is 2.19 bits per heavy atom. The smallest absolute Gasteiger partial charge is 0.289 e. The molecule has 2 fully saturated rings. The van der Waals surface area contributed by atoms with Gasteiger partial charge in [0.15, 0.2) is 5.76 Å². The van der Waals surface area contributed by atoms with Gasteiger partial charge in [-0.25, -0.2) is 0 Å². The molecule has 2 aliphatic rings. The summed E-state index contributed by atoms with van der Waals surface area (Å²) in [6, 6.07) is 3.54. The Bertz CT molecular complexity index is 566. The van der Waals surface area contributed by atoms with Crippen molar-refractivity contribution < 1.29 is 14.0 Å². The highest BCUT2D eigenvalue weighted by molar-refractivity contribution is 5.92. The maximum Gasteiger partial charge on any atom is 0.289 e. The number of rotatable bonds is 2. The molecule has 1 saturated carbocycles. The van der Waals surface area contributed by atoms with Gasteiger partial charge in [-0.05, 0) is 38.3 Å². The molecule has 1 aliphatic heterocycles. The SMILES string of the molecule is CNC(=O)[C@@H]1CCC[C@@]12CCN(C(=O)c1ccc(C)o1)C2. The van der Waals surface area contributed by atoms with Crippen LogP contribution < -0.4 is 5.32 Å². The second-order valence-electron chi connectivity index (χ2n) is 6.31. The topological polar surface area (TPSA) is 62.6 Å². The number of nitrogens with one attached hydrogen (secondary N) is 1. The Hall–Kier alpha value is -1.78. The van der Waals surface area contributed by atoms with E-state index >= 15 is 0 Å². The second-order valence-corrected chi connectivity index (χ2v) is 6.31. The van der Waals surface area contributed by atoms with Gasteiger partial charge in [0.1, 0.15) is 5.76 Å². The Labute approximate surface area is 124 Å². The highest BCUT2D eigenvalue weighted by Crippen LogP contribution is 2.50. The lowest BCUT2D eigenvalue weighted by Gasteiger charge is -2.30. The van der Waals surface area contributed by atoms with E-state index < -0.39 is 0 Å². The third-order valence-electron chi connectivity index (χ3n) is 5.09. The van der Waals surface area contributed by atoms with E-state index in [1.807, 2.05) is 17.9 Å². The summed E-state index contributed by atoms with van der Waals surface area (Å²) in [7, 11) is 1.69. The summed E-state index contributed by atoms with van der Waals surface area (Å²) in [4.78, 5) is 26.4. The summed E-state index contributed by atoms with van der Waals surface area (Å²) < 4.78 is 5.43. The average Bonchev–Trinajstić information content (AvgIpc) is 3.19. The maximum absolute atomic E-state index is 12.5. The normalized spacial score (nSPS) is 28.3. The minimum atomic E-state index is -0.0532. The Balaban J connectivity index is 1.75. The quantitative estimate of drug-likeness (QED) is 0.905. The Kier molecular flexibility index (Phi) is 3.51. The second kappa shape index (κ2) is 5.20. The first-order chi connectivity index (χ1) is 10.1. The summed E-state index contributed by atoms with van der Waals surface area (Å²) >= 11 is 0. The molecule has 2 amide bonds. The van der Waals surface area contributed by atoms with Crippen LogP contribution >= 0.6 is 0 Å². The van der Waals surface area contributed by atoms with Gasteiger partial charge in [0.25, 0.3) is 5.91 Å². The molecule has 5 heteroatoms. The third kappa shape index (κ3) is 2.34. The third-order valence-corrected chi connectivity index (χ3v) is 5.09. The Morgan fingerprint density at radius 3 is 2.86 bits per heavy atom. The van der Waals surface area contributed by atoms with Gasteiger partial charge < -0.3 is 14.6 Å².